The highest BCUT2D eigenvalue weighted by Gasteiger charge is 2.42. The van der Waals surface area contributed by atoms with Crippen LogP contribution in [0.15, 0.2) is 71.6 Å². The summed E-state index contributed by atoms with van der Waals surface area (Å²) in [5.41, 5.74) is 1.69. The third kappa shape index (κ3) is 4.76. The molecule has 1 aliphatic heterocycles. The zero-order valence-electron chi connectivity index (χ0n) is 18.8. The lowest BCUT2D eigenvalue weighted by Crippen LogP contribution is -2.31. The summed E-state index contributed by atoms with van der Waals surface area (Å²) in [7, 11) is -2.49. The molecule has 3 aromatic rings. The molecule has 0 atom stereocenters. The van der Waals surface area contributed by atoms with Crippen LogP contribution in [0.5, 0.6) is 5.75 Å². The van der Waals surface area contributed by atoms with Gasteiger partial charge in [-0.25, -0.2) is 12.7 Å². The fourth-order valence-corrected chi connectivity index (χ4v) is 6.26. The van der Waals surface area contributed by atoms with Crippen LogP contribution in [0, 0.1) is 0 Å². The van der Waals surface area contributed by atoms with Crippen molar-refractivity contribution in [3.8, 4) is 5.75 Å². The highest BCUT2D eigenvalue weighted by molar-refractivity contribution is 7.99. The molecule has 2 heterocycles. The van der Waals surface area contributed by atoms with Gasteiger partial charge in [0, 0.05) is 22.6 Å². The van der Waals surface area contributed by atoms with Gasteiger partial charge in [-0.05, 0) is 72.3 Å². The molecule has 9 heteroatoms. The van der Waals surface area contributed by atoms with Crippen LogP contribution in [0.1, 0.15) is 33.3 Å². The predicted octanol–water partition coefficient (Wildman–Crippen LogP) is 3.83. The highest BCUT2D eigenvalue weighted by Crippen LogP contribution is 2.37. The molecule has 0 spiro atoms. The lowest BCUT2D eigenvalue weighted by molar-refractivity contribution is -0.122. The number of nitrogens with one attached hydrogen (secondary N) is 1. The van der Waals surface area contributed by atoms with Crippen molar-refractivity contribution in [3.63, 3.8) is 0 Å². The molecule has 4 rings (SSSR count). The maximum Gasteiger partial charge on any atom is 0.268 e. The van der Waals surface area contributed by atoms with Crippen LogP contribution in [0.25, 0.3) is 4.91 Å². The van der Waals surface area contributed by atoms with Crippen molar-refractivity contribution in [1.82, 2.24) is 9.62 Å². The Morgan fingerprint density at radius 3 is 2.38 bits per heavy atom. The first kappa shape index (κ1) is 23.7. The Labute approximate surface area is 202 Å². The van der Waals surface area contributed by atoms with Crippen molar-refractivity contribution >= 4 is 38.1 Å². The number of sulfonamides is 1. The highest BCUT2D eigenvalue weighted by atomic mass is 32.2. The van der Waals surface area contributed by atoms with Gasteiger partial charge in [0.2, 0.25) is 0 Å². The van der Waals surface area contributed by atoms with Gasteiger partial charge in [-0.2, -0.15) is 0 Å². The normalized spacial score (nSPS) is 15.0. The third-order valence-electron chi connectivity index (χ3n) is 5.57. The number of carbonyl (C=O) groups is 2. The minimum atomic E-state index is -4.01. The number of thiophene rings is 1. The quantitative estimate of drug-likeness (QED) is 0.512. The van der Waals surface area contributed by atoms with Gasteiger partial charge in [-0.1, -0.05) is 18.2 Å². The first-order chi connectivity index (χ1) is 16.3. The zero-order chi connectivity index (χ0) is 24.3. The molecule has 34 heavy (non-hydrogen) atoms. The fraction of sp³-hybridized carbons (Fsp3) is 0.200. The van der Waals surface area contributed by atoms with E-state index in [0.29, 0.717) is 29.0 Å². The van der Waals surface area contributed by atoms with Gasteiger partial charge in [0.15, 0.2) is 0 Å². The van der Waals surface area contributed by atoms with E-state index in [1.165, 1.54) is 18.9 Å². The molecular formula is C25H24N2O5S2. The summed E-state index contributed by atoms with van der Waals surface area (Å²) < 4.78 is 32.4. The van der Waals surface area contributed by atoms with Gasteiger partial charge in [-0.15, -0.1) is 11.3 Å². The van der Waals surface area contributed by atoms with Crippen LogP contribution in [0.3, 0.4) is 0 Å². The molecule has 2 aromatic carbocycles. The summed E-state index contributed by atoms with van der Waals surface area (Å²) >= 11 is 1.65. The molecule has 1 aliphatic rings. The molecule has 176 valence electrons. The largest absolute Gasteiger partial charge is 0.497 e. The van der Waals surface area contributed by atoms with Crippen LogP contribution >= 0.6 is 11.3 Å². The molecular weight excluding hydrogens is 472 g/mol. The van der Waals surface area contributed by atoms with Gasteiger partial charge >= 0.3 is 0 Å². The van der Waals surface area contributed by atoms with E-state index in [0.717, 1.165) is 10.7 Å². The van der Waals surface area contributed by atoms with E-state index in [1.807, 2.05) is 17.5 Å². The predicted molar refractivity (Wildman–Crippen MR) is 132 cm³/mol. The molecule has 1 N–H and O–H groups in total. The molecule has 1 aromatic heterocycles. The minimum Gasteiger partial charge on any atom is -0.497 e. The molecule has 0 bridgehead atoms. The van der Waals surface area contributed by atoms with E-state index in [4.69, 9.17) is 4.74 Å². The monoisotopic (exact) mass is 496 g/mol. The number of benzene rings is 2. The first-order valence-electron chi connectivity index (χ1n) is 10.6. The number of hydrogen-bond donors (Lipinski definition) is 1. The van der Waals surface area contributed by atoms with E-state index in [2.05, 4.69) is 5.32 Å². The van der Waals surface area contributed by atoms with Gasteiger partial charge in [-0.3, -0.25) is 9.59 Å². The van der Waals surface area contributed by atoms with E-state index in [1.54, 1.807) is 59.9 Å². The van der Waals surface area contributed by atoms with Crippen molar-refractivity contribution in [2.24, 2.45) is 0 Å². The number of nitrogens with zero attached hydrogens (tertiary/aromatic N) is 1. The Bertz CT molecular complexity index is 1330. The molecule has 0 saturated carbocycles. The van der Waals surface area contributed by atoms with Gasteiger partial charge < -0.3 is 10.1 Å². The Hall–Kier alpha value is -3.43. The molecule has 2 amide bonds. The maximum atomic E-state index is 13.2. The molecule has 0 unspecified atom stereocenters. The Morgan fingerprint density at radius 2 is 1.76 bits per heavy atom. The molecule has 7 nitrogen and oxygen atoms in total. The Balaban J connectivity index is 1.44. The zero-order valence-corrected chi connectivity index (χ0v) is 20.4. The van der Waals surface area contributed by atoms with Crippen molar-refractivity contribution in [2.75, 3.05) is 13.7 Å². The standard InChI is InChI=1S/C25H24N2O5S2/c1-17-23(19-9-11-21(32-2)12-10-19)34(30,31)27(25(17)29)16-18-5-7-20(8-6-18)24(28)26-14-13-22-4-3-15-33-22/h3-12,15H,13-14,16H2,1-2H3,(H,26,28). The maximum absolute atomic E-state index is 13.2. The second-order valence-corrected chi connectivity index (χ2v) is 10.6. The van der Waals surface area contributed by atoms with Crippen LogP contribution in [0.2, 0.25) is 0 Å². The molecule has 0 fully saturated rings. The average Bonchev–Trinajstić information content (AvgIpc) is 3.41. The van der Waals surface area contributed by atoms with Crippen LogP contribution in [-0.4, -0.2) is 38.2 Å². The SMILES string of the molecule is COc1ccc(C2=C(C)C(=O)N(Cc3ccc(C(=O)NCCc4cccs4)cc3)S2(=O)=O)cc1. The Kier molecular flexibility index (Phi) is 6.85. The van der Waals surface area contributed by atoms with Gasteiger partial charge in [0.25, 0.3) is 21.8 Å². The summed E-state index contributed by atoms with van der Waals surface area (Å²) in [5, 5.41) is 4.88. The van der Waals surface area contributed by atoms with E-state index < -0.39 is 15.9 Å². The number of carbonyl (C=O) groups excluding carboxylic acids is 2. The summed E-state index contributed by atoms with van der Waals surface area (Å²) in [6.45, 7) is 1.93. The molecule has 0 saturated heterocycles. The van der Waals surface area contributed by atoms with Crippen molar-refractivity contribution < 1.29 is 22.7 Å². The topological polar surface area (TPSA) is 92.8 Å². The lowest BCUT2D eigenvalue weighted by Gasteiger charge is -2.17. The molecule has 0 aliphatic carbocycles. The summed E-state index contributed by atoms with van der Waals surface area (Å²) in [5.74, 6) is -0.162. The van der Waals surface area contributed by atoms with Crippen LogP contribution < -0.4 is 10.1 Å². The van der Waals surface area contributed by atoms with Crippen molar-refractivity contribution in [3.05, 3.63) is 93.2 Å². The van der Waals surface area contributed by atoms with Crippen LogP contribution in [0.4, 0.5) is 0 Å². The van der Waals surface area contributed by atoms with Gasteiger partial charge in [0.05, 0.1) is 13.7 Å². The lowest BCUT2D eigenvalue weighted by atomic mass is 10.1. The average molecular weight is 497 g/mol. The summed E-state index contributed by atoms with van der Waals surface area (Å²) in [4.78, 5) is 26.4. The molecule has 0 radical (unpaired) electrons. The minimum absolute atomic E-state index is 0.00175. The Morgan fingerprint density at radius 1 is 1.06 bits per heavy atom. The number of ether oxygens (including phenoxy) is 1. The fourth-order valence-electron chi connectivity index (χ4n) is 3.75. The second kappa shape index (κ2) is 9.82. The summed E-state index contributed by atoms with van der Waals surface area (Å²) in [6, 6.07) is 17.1. The third-order valence-corrected chi connectivity index (χ3v) is 8.44. The second-order valence-electron chi connectivity index (χ2n) is 7.78. The number of amides is 2. The van der Waals surface area contributed by atoms with E-state index in [-0.39, 0.29) is 22.9 Å². The van der Waals surface area contributed by atoms with Crippen LogP contribution in [-0.2, 0) is 27.8 Å². The van der Waals surface area contributed by atoms with E-state index >= 15 is 0 Å². The van der Waals surface area contributed by atoms with Crippen molar-refractivity contribution in [2.45, 2.75) is 19.9 Å². The van der Waals surface area contributed by atoms with E-state index in [9.17, 15) is 18.0 Å². The first-order valence-corrected chi connectivity index (χ1v) is 12.9. The number of rotatable bonds is 8. The number of methoxy groups -OCH3 is 1. The number of hydrogen-bond acceptors (Lipinski definition) is 6. The summed E-state index contributed by atoms with van der Waals surface area (Å²) in [6.07, 6.45) is 0.763. The van der Waals surface area contributed by atoms with Crippen molar-refractivity contribution in [1.29, 1.82) is 0 Å². The smallest absolute Gasteiger partial charge is 0.268 e. The van der Waals surface area contributed by atoms with Gasteiger partial charge in [0.1, 0.15) is 10.7 Å².